The van der Waals surface area contributed by atoms with Crippen molar-refractivity contribution >= 4 is 0 Å². The minimum Gasteiger partial charge on any atom is -0.300 e. The third-order valence-electron chi connectivity index (χ3n) is 5.70. The summed E-state index contributed by atoms with van der Waals surface area (Å²) in [4.78, 5) is 0. The van der Waals surface area contributed by atoms with Gasteiger partial charge >= 0.3 is 0 Å². The first-order valence-electron chi connectivity index (χ1n) is 8.62. The van der Waals surface area contributed by atoms with Crippen molar-refractivity contribution in [2.75, 3.05) is 13.1 Å². The lowest BCUT2D eigenvalue weighted by atomic mass is 9.82. The van der Waals surface area contributed by atoms with Gasteiger partial charge < -0.3 is 5.01 Å². The lowest BCUT2D eigenvalue weighted by Gasteiger charge is -2.51. The Morgan fingerprint density at radius 2 is 2.08 bits per heavy atom. The van der Waals surface area contributed by atoms with E-state index in [1.807, 2.05) is 18.0 Å². The Kier molecular flexibility index (Phi) is 4.28. The second kappa shape index (κ2) is 5.99. The molecule has 4 heteroatoms. The second-order valence-electron chi connectivity index (χ2n) is 7.27. The molecule has 24 heavy (non-hydrogen) atoms. The van der Waals surface area contributed by atoms with E-state index in [2.05, 4.69) is 32.0 Å². The molecule has 1 atom stereocenters. The van der Waals surface area contributed by atoms with Gasteiger partial charge in [0.2, 0.25) is 0 Å². The van der Waals surface area contributed by atoms with Crippen molar-refractivity contribution in [2.45, 2.75) is 52.0 Å². The number of halogens is 2. The fourth-order valence-electron chi connectivity index (χ4n) is 4.27. The number of fused-ring (bicyclic) bond motifs is 1. The van der Waals surface area contributed by atoms with Gasteiger partial charge in [0.25, 0.3) is 0 Å². The van der Waals surface area contributed by atoms with Crippen molar-refractivity contribution in [3.8, 4) is 0 Å². The summed E-state index contributed by atoms with van der Waals surface area (Å²) in [6, 6.07) is 0. The van der Waals surface area contributed by atoms with E-state index < -0.39 is 11.7 Å². The van der Waals surface area contributed by atoms with Gasteiger partial charge in [0.05, 0.1) is 17.8 Å². The molecular formula is C20H26F2N2. The third kappa shape index (κ3) is 2.48. The van der Waals surface area contributed by atoms with Crippen LogP contribution in [0.15, 0.2) is 58.9 Å². The van der Waals surface area contributed by atoms with Crippen LogP contribution >= 0.6 is 0 Å². The van der Waals surface area contributed by atoms with Crippen molar-refractivity contribution in [1.29, 1.82) is 0 Å². The van der Waals surface area contributed by atoms with Crippen molar-refractivity contribution in [2.24, 2.45) is 0 Å². The molecule has 2 aliphatic heterocycles. The van der Waals surface area contributed by atoms with Gasteiger partial charge in [-0.15, -0.1) is 0 Å². The zero-order valence-corrected chi connectivity index (χ0v) is 14.9. The molecule has 0 bridgehead atoms. The zero-order chi connectivity index (χ0) is 17.6. The largest absolute Gasteiger partial charge is 0.300 e. The fraction of sp³-hybridized carbons (Fsp3) is 0.500. The molecule has 1 unspecified atom stereocenters. The normalized spacial score (nSPS) is 28.5. The Balaban J connectivity index is 2.01. The van der Waals surface area contributed by atoms with Gasteiger partial charge in [0, 0.05) is 24.1 Å². The third-order valence-corrected chi connectivity index (χ3v) is 5.70. The highest BCUT2D eigenvalue weighted by atomic mass is 19.2. The molecule has 3 rings (SSSR count). The SMILES string of the molecule is C=C(C)C1=C(C)C2(C)CCCN2N(CC2=CCCC(F)=C2F)C1=C. The van der Waals surface area contributed by atoms with E-state index >= 15 is 0 Å². The molecule has 0 spiro atoms. The molecule has 0 amide bonds. The Hall–Kier alpha value is -1.68. The summed E-state index contributed by atoms with van der Waals surface area (Å²) in [5.41, 5.74) is 4.46. The monoisotopic (exact) mass is 332 g/mol. The van der Waals surface area contributed by atoms with Crippen LogP contribution in [-0.4, -0.2) is 28.6 Å². The summed E-state index contributed by atoms with van der Waals surface area (Å²) < 4.78 is 27.9. The molecule has 0 radical (unpaired) electrons. The number of hydrogen-bond acceptors (Lipinski definition) is 2. The van der Waals surface area contributed by atoms with E-state index in [-0.39, 0.29) is 12.0 Å². The van der Waals surface area contributed by atoms with E-state index in [9.17, 15) is 8.78 Å². The number of hydrazine groups is 1. The topological polar surface area (TPSA) is 6.48 Å². The van der Waals surface area contributed by atoms with Crippen molar-refractivity contribution in [3.05, 3.63) is 58.9 Å². The summed E-state index contributed by atoms with van der Waals surface area (Å²) >= 11 is 0. The second-order valence-corrected chi connectivity index (χ2v) is 7.27. The molecule has 0 N–H and O–H groups in total. The Morgan fingerprint density at radius 3 is 2.75 bits per heavy atom. The summed E-state index contributed by atoms with van der Waals surface area (Å²) in [7, 11) is 0. The number of allylic oxidation sites excluding steroid dienone is 3. The smallest absolute Gasteiger partial charge is 0.159 e. The van der Waals surface area contributed by atoms with E-state index in [4.69, 9.17) is 0 Å². The molecule has 1 aliphatic carbocycles. The summed E-state index contributed by atoms with van der Waals surface area (Å²) in [5.74, 6) is -1.33. The van der Waals surface area contributed by atoms with Crippen LogP contribution in [0.2, 0.25) is 0 Å². The number of rotatable bonds is 3. The Morgan fingerprint density at radius 1 is 1.38 bits per heavy atom. The van der Waals surface area contributed by atoms with E-state index in [0.29, 0.717) is 18.5 Å². The maximum atomic E-state index is 14.2. The highest BCUT2D eigenvalue weighted by Gasteiger charge is 2.47. The molecule has 0 aromatic rings. The van der Waals surface area contributed by atoms with Crippen LogP contribution in [0.5, 0.6) is 0 Å². The molecule has 3 aliphatic rings. The van der Waals surface area contributed by atoms with Gasteiger partial charge in [0.1, 0.15) is 5.83 Å². The van der Waals surface area contributed by atoms with Gasteiger partial charge in [-0.3, -0.25) is 0 Å². The molecule has 2 heterocycles. The van der Waals surface area contributed by atoms with Crippen LogP contribution in [0.3, 0.4) is 0 Å². The average Bonchev–Trinajstić information content (AvgIpc) is 2.91. The fourth-order valence-corrected chi connectivity index (χ4v) is 4.27. The van der Waals surface area contributed by atoms with Crippen molar-refractivity contribution < 1.29 is 8.78 Å². The molecule has 0 aromatic heterocycles. The van der Waals surface area contributed by atoms with Gasteiger partial charge in [-0.2, -0.15) is 0 Å². The first-order valence-corrected chi connectivity index (χ1v) is 8.62. The quantitative estimate of drug-likeness (QED) is 0.687. The average molecular weight is 332 g/mol. The van der Waals surface area contributed by atoms with Gasteiger partial charge in [-0.05, 0) is 51.2 Å². The van der Waals surface area contributed by atoms with Crippen molar-refractivity contribution in [3.63, 3.8) is 0 Å². The van der Waals surface area contributed by atoms with Crippen LogP contribution in [0.1, 0.15) is 46.5 Å². The highest BCUT2D eigenvalue weighted by molar-refractivity contribution is 5.51. The van der Waals surface area contributed by atoms with Crippen molar-refractivity contribution in [1.82, 2.24) is 10.0 Å². The molecule has 1 saturated heterocycles. The zero-order valence-electron chi connectivity index (χ0n) is 14.9. The maximum Gasteiger partial charge on any atom is 0.159 e. The van der Waals surface area contributed by atoms with Crippen LogP contribution in [0.25, 0.3) is 0 Å². The van der Waals surface area contributed by atoms with Gasteiger partial charge in [-0.25, -0.2) is 13.8 Å². The van der Waals surface area contributed by atoms with Gasteiger partial charge in [0.15, 0.2) is 5.83 Å². The minimum atomic E-state index is -0.696. The number of hydrogen-bond donors (Lipinski definition) is 0. The van der Waals surface area contributed by atoms with E-state index in [1.165, 1.54) is 5.57 Å². The number of nitrogens with zero attached hydrogens (tertiary/aromatic N) is 2. The molecule has 130 valence electrons. The summed E-state index contributed by atoms with van der Waals surface area (Å²) in [6.45, 7) is 15.9. The van der Waals surface area contributed by atoms with E-state index in [1.54, 1.807) is 0 Å². The van der Waals surface area contributed by atoms with Crippen LogP contribution in [-0.2, 0) is 0 Å². The summed E-state index contributed by atoms with van der Waals surface area (Å²) in [5, 5.41) is 4.31. The predicted octanol–water partition coefficient (Wildman–Crippen LogP) is 5.35. The highest BCUT2D eigenvalue weighted by Crippen LogP contribution is 2.46. The summed E-state index contributed by atoms with van der Waals surface area (Å²) in [6.07, 6.45) is 4.64. The molecular weight excluding hydrogens is 306 g/mol. The molecule has 2 nitrogen and oxygen atoms in total. The maximum absolute atomic E-state index is 14.2. The Bertz CT molecular complexity index is 698. The predicted molar refractivity (Wildman–Crippen MR) is 94.3 cm³/mol. The minimum absolute atomic E-state index is 0.108. The first-order chi connectivity index (χ1) is 11.3. The molecule has 0 aromatic carbocycles. The standard InChI is InChI=1S/C20H26F2N2/c1-13(2)18-14(3)20(5)10-7-11-24(20)23(15(18)4)12-16-8-6-9-17(21)19(16)22/h8H,1,4,6-7,9-12H2,2-3,5H3. The lowest BCUT2D eigenvalue weighted by Crippen LogP contribution is -2.56. The first kappa shape index (κ1) is 17.2. The Labute approximate surface area is 143 Å². The van der Waals surface area contributed by atoms with Gasteiger partial charge in [-0.1, -0.05) is 19.2 Å². The van der Waals surface area contributed by atoms with Crippen LogP contribution in [0, 0.1) is 0 Å². The van der Waals surface area contributed by atoms with Crippen LogP contribution in [0.4, 0.5) is 8.78 Å². The van der Waals surface area contributed by atoms with Crippen LogP contribution < -0.4 is 0 Å². The molecule has 0 saturated carbocycles. The molecule has 1 fully saturated rings. The lowest BCUT2D eigenvalue weighted by molar-refractivity contribution is -0.0349. The van der Waals surface area contributed by atoms with E-state index in [0.717, 1.165) is 36.2 Å².